The van der Waals surface area contributed by atoms with Gasteiger partial charge in [0, 0.05) is 0 Å². The van der Waals surface area contributed by atoms with Crippen molar-refractivity contribution < 1.29 is 41.5 Å². The minimum absolute atomic E-state index is 1.12. The number of aliphatic carboxylic acids is 2. The first-order valence-electron chi connectivity index (χ1n) is 10.7. The molecule has 2 atom stereocenters. The van der Waals surface area contributed by atoms with E-state index in [2.05, 4.69) is 25.3 Å². The molecule has 0 aliphatic rings. The van der Waals surface area contributed by atoms with Crippen LogP contribution in [0, 0.1) is 0 Å². The lowest BCUT2D eigenvalue weighted by atomic mass is 10.1. The molecule has 0 heterocycles. The average molecular weight is 409 g/mol. The summed E-state index contributed by atoms with van der Waals surface area (Å²) < 4.78 is 0. The predicted molar refractivity (Wildman–Crippen MR) is 104 cm³/mol. The van der Waals surface area contributed by atoms with E-state index in [1.165, 1.54) is 77.0 Å². The van der Waals surface area contributed by atoms with Gasteiger partial charge in [-0.3, -0.25) is 0 Å². The van der Waals surface area contributed by atoms with Gasteiger partial charge in [0.15, 0.2) is 0 Å². The van der Waals surface area contributed by atoms with E-state index in [-0.39, 0.29) is 0 Å². The average Bonchev–Trinajstić information content (AvgIpc) is 2.67. The molecule has 0 saturated heterocycles. The second-order valence-corrected chi connectivity index (χ2v) is 6.77. The first-order valence-corrected chi connectivity index (χ1v) is 10.7. The molecule has 0 spiro atoms. The van der Waals surface area contributed by atoms with Crippen LogP contribution in [0.5, 0.6) is 0 Å². The Labute approximate surface area is 170 Å². The van der Waals surface area contributed by atoms with Crippen LogP contribution in [0.15, 0.2) is 0 Å². The SMILES string of the molecule is CCCCCCCC[NH3+].CCCCCCCC[NH3+].O=C([O-])[C@H](O)[C@@H](O)C(=O)[O-]. The largest absolute Gasteiger partial charge is 0.547 e. The number of quaternary nitrogens is 2. The van der Waals surface area contributed by atoms with Crippen LogP contribution >= 0.6 is 0 Å². The fourth-order valence-electron chi connectivity index (χ4n) is 2.17. The van der Waals surface area contributed by atoms with Crippen LogP contribution in [-0.2, 0) is 9.59 Å². The molecule has 0 aromatic heterocycles. The molecule has 0 aromatic carbocycles. The van der Waals surface area contributed by atoms with Gasteiger partial charge < -0.3 is 41.5 Å². The summed E-state index contributed by atoms with van der Waals surface area (Å²) in [7, 11) is 0. The maximum absolute atomic E-state index is 9.63. The molecule has 170 valence electrons. The molecular formula is C20H44N2O6. The molecule has 0 radical (unpaired) electrons. The summed E-state index contributed by atoms with van der Waals surface area (Å²) >= 11 is 0. The van der Waals surface area contributed by atoms with E-state index < -0.39 is 24.1 Å². The zero-order valence-electron chi connectivity index (χ0n) is 18.0. The van der Waals surface area contributed by atoms with Crippen LogP contribution in [0.1, 0.15) is 90.9 Å². The summed E-state index contributed by atoms with van der Waals surface area (Å²) in [6.45, 7) is 6.74. The highest BCUT2D eigenvalue weighted by atomic mass is 16.4. The number of aliphatic hydroxyl groups excluding tert-OH is 2. The van der Waals surface area contributed by atoms with Gasteiger partial charge in [0.05, 0.1) is 25.0 Å². The third-order valence-corrected chi connectivity index (χ3v) is 3.99. The van der Waals surface area contributed by atoms with Crippen molar-refractivity contribution in [2.45, 2.75) is 103 Å². The minimum Gasteiger partial charge on any atom is -0.547 e. The van der Waals surface area contributed by atoms with Gasteiger partial charge >= 0.3 is 0 Å². The molecule has 0 fully saturated rings. The van der Waals surface area contributed by atoms with Gasteiger partial charge in [0.2, 0.25) is 0 Å². The molecule has 28 heavy (non-hydrogen) atoms. The van der Waals surface area contributed by atoms with Crippen molar-refractivity contribution in [2.24, 2.45) is 0 Å². The highest BCUT2D eigenvalue weighted by molar-refractivity contribution is 5.80. The van der Waals surface area contributed by atoms with Gasteiger partial charge in [-0.25, -0.2) is 0 Å². The molecule has 8 nitrogen and oxygen atoms in total. The van der Waals surface area contributed by atoms with Gasteiger partial charge in [-0.2, -0.15) is 0 Å². The molecule has 8 N–H and O–H groups in total. The monoisotopic (exact) mass is 408 g/mol. The molecule has 0 amide bonds. The molecule has 0 aliphatic heterocycles. The second kappa shape index (κ2) is 25.8. The third kappa shape index (κ3) is 27.0. The lowest BCUT2D eigenvalue weighted by Crippen LogP contribution is -2.51. The zero-order valence-corrected chi connectivity index (χ0v) is 18.0. The van der Waals surface area contributed by atoms with Crippen LogP contribution in [0.4, 0.5) is 0 Å². The van der Waals surface area contributed by atoms with Crippen LogP contribution in [-0.4, -0.2) is 47.4 Å². The first-order chi connectivity index (χ1) is 13.3. The number of rotatable bonds is 15. The smallest absolute Gasteiger partial charge is 0.124 e. The normalized spacial score (nSPS) is 12.1. The standard InChI is InChI=1S/2C8H19N.C4H6O6/c2*1-2-3-4-5-6-7-8-9;5-1(3(7)8)2(6)4(9)10/h2*2-9H2,1H3;1-2,5-6H,(H,7,8)(H,9,10)/t;;1-,2-/m..1/s1. The number of aliphatic hydroxyl groups is 2. The van der Waals surface area contributed by atoms with Crippen molar-refractivity contribution in [2.75, 3.05) is 13.1 Å². The minimum atomic E-state index is -2.44. The van der Waals surface area contributed by atoms with Crippen LogP contribution < -0.4 is 21.7 Å². The van der Waals surface area contributed by atoms with Crippen molar-refractivity contribution in [1.82, 2.24) is 0 Å². The van der Waals surface area contributed by atoms with E-state index in [1.54, 1.807) is 0 Å². The molecule has 8 heteroatoms. The first kappa shape index (κ1) is 31.5. The van der Waals surface area contributed by atoms with Crippen molar-refractivity contribution in [3.05, 3.63) is 0 Å². The summed E-state index contributed by atoms with van der Waals surface area (Å²) in [4.78, 5) is 19.3. The van der Waals surface area contributed by atoms with Crippen LogP contribution in [0.2, 0.25) is 0 Å². The summed E-state index contributed by atoms with van der Waals surface area (Å²) in [5.41, 5.74) is 7.61. The van der Waals surface area contributed by atoms with Crippen molar-refractivity contribution >= 4 is 11.9 Å². The van der Waals surface area contributed by atoms with E-state index in [0.717, 1.165) is 13.1 Å². The van der Waals surface area contributed by atoms with E-state index >= 15 is 0 Å². The lowest BCUT2D eigenvalue weighted by molar-refractivity contribution is -0.368. The van der Waals surface area contributed by atoms with Gasteiger partial charge in [-0.1, -0.05) is 65.2 Å². The van der Waals surface area contributed by atoms with Gasteiger partial charge in [0.1, 0.15) is 12.2 Å². The Morgan fingerprint density at radius 3 is 1.11 bits per heavy atom. The summed E-state index contributed by atoms with van der Waals surface area (Å²) in [6.07, 6.45) is 11.8. The maximum atomic E-state index is 9.63. The molecule has 0 rings (SSSR count). The predicted octanol–water partition coefficient (Wildman–Crippen LogP) is -1.61. The van der Waals surface area contributed by atoms with E-state index in [9.17, 15) is 19.8 Å². The number of carboxylic acids is 2. The molecule has 0 aliphatic carbocycles. The number of hydrogen-bond donors (Lipinski definition) is 4. The number of carboxylic acid groups (broad SMARTS) is 2. The Morgan fingerprint density at radius 1 is 0.643 bits per heavy atom. The van der Waals surface area contributed by atoms with E-state index in [1.807, 2.05) is 0 Å². The summed E-state index contributed by atoms with van der Waals surface area (Å²) in [5.74, 6) is -4.12. The fourth-order valence-corrected chi connectivity index (χ4v) is 2.17. The van der Waals surface area contributed by atoms with Crippen molar-refractivity contribution in [3.8, 4) is 0 Å². The van der Waals surface area contributed by atoms with Gasteiger partial charge in [0.25, 0.3) is 0 Å². The summed E-state index contributed by atoms with van der Waals surface area (Å²) in [6, 6.07) is 0. The molecule has 0 unspecified atom stereocenters. The quantitative estimate of drug-likeness (QED) is 0.237. The van der Waals surface area contributed by atoms with E-state index in [4.69, 9.17) is 10.2 Å². The number of carbonyl (C=O) groups excluding carboxylic acids is 2. The summed E-state index contributed by atoms with van der Waals surface area (Å²) in [5, 5.41) is 35.7. The Morgan fingerprint density at radius 2 is 0.893 bits per heavy atom. The van der Waals surface area contributed by atoms with Crippen LogP contribution in [0.3, 0.4) is 0 Å². The molecule has 0 aromatic rings. The Hall–Kier alpha value is -1.22. The Kier molecular flexibility index (Phi) is 29.0. The number of carbonyl (C=O) groups is 2. The van der Waals surface area contributed by atoms with Crippen molar-refractivity contribution in [3.63, 3.8) is 0 Å². The number of hydrogen-bond acceptors (Lipinski definition) is 6. The Bertz CT molecular complexity index is 299. The maximum Gasteiger partial charge on any atom is 0.124 e. The zero-order chi connectivity index (χ0) is 22.2. The lowest BCUT2D eigenvalue weighted by Gasteiger charge is -2.18. The van der Waals surface area contributed by atoms with E-state index in [0.29, 0.717) is 0 Å². The van der Waals surface area contributed by atoms with Gasteiger partial charge in [-0.05, 0) is 25.7 Å². The van der Waals surface area contributed by atoms with Gasteiger partial charge in [-0.15, -0.1) is 0 Å². The topological polar surface area (TPSA) is 176 Å². The van der Waals surface area contributed by atoms with Crippen molar-refractivity contribution in [1.29, 1.82) is 0 Å². The number of unbranched alkanes of at least 4 members (excludes halogenated alkanes) is 10. The Balaban J connectivity index is -0.000000336. The van der Waals surface area contributed by atoms with Crippen LogP contribution in [0.25, 0.3) is 0 Å². The third-order valence-electron chi connectivity index (χ3n) is 3.99. The second-order valence-electron chi connectivity index (χ2n) is 6.77. The molecule has 0 saturated carbocycles. The molecular weight excluding hydrogens is 364 g/mol. The highest BCUT2D eigenvalue weighted by Crippen LogP contribution is 2.03. The molecule has 0 bridgehead atoms. The highest BCUT2D eigenvalue weighted by Gasteiger charge is 2.17. The fraction of sp³-hybridized carbons (Fsp3) is 0.900.